The van der Waals surface area contributed by atoms with E-state index in [2.05, 4.69) is 4.99 Å². The fourth-order valence-electron chi connectivity index (χ4n) is 2.54. The molecule has 1 N–H and O–H groups in total. The van der Waals surface area contributed by atoms with Crippen LogP contribution in [0.25, 0.3) is 6.08 Å². The molecule has 0 fully saturated rings. The van der Waals surface area contributed by atoms with Crippen LogP contribution in [0.15, 0.2) is 59.2 Å². The van der Waals surface area contributed by atoms with Crippen LogP contribution in [-0.4, -0.2) is 29.9 Å². The fourth-order valence-corrected chi connectivity index (χ4v) is 2.54. The van der Waals surface area contributed by atoms with Gasteiger partial charge in [-0.3, -0.25) is 9.69 Å². The van der Waals surface area contributed by atoms with Gasteiger partial charge < -0.3 is 9.84 Å². The first kappa shape index (κ1) is 16.4. The largest absolute Gasteiger partial charge is 0.497 e. The average Bonchev–Trinajstić information content (AvgIpc) is 2.89. The maximum Gasteiger partial charge on any atom is 0.335 e. The summed E-state index contributed by atoms with van der Waals surface area (Å²) in [5.41, 5.74) is 1.90. The standard InChI is InChI=1S/C19H16N2O4/c1-12-20-17(11-13-3-9-16(25-2)10-4-13)18(22)21(12)15-7-5-14(6-8-15)19(23)24/h3-11H,1-2H3,(H,23,24). The maximum atomic E-state index is 12.7. The van der Waals surface area contributed by atoms with E-state index in [-0.39, 0.29) is 11.5 Å². The van der Waals surface area contributed by atoms with Crippen LogP contribution in [0.5, 0.6) is 5.75 Å². The Kier molecular flexibility index (Phi) is 4.35. The van der Waals surface area contributed by atoms with Crippen LogP contribution in [0, 0.1) is 0 Å². The van der Waals surface area contributed by atoms with Gasteiger partial charge in [0, 0.05) is 0 Å². The van der Waals surface area contributed by atoms with Gasteiger partial charge in [0.15, 0.2) is 0 Å². The molecule has 0 bridgehead atoms. The molecule has 0 saturated heterocycles. The van der Waals surface area contributed by atoms with Crippen molar-refractivity contribution in [1.82, 2.24) is 0 Å². The van der Waals surface area contributed by atoms with Crippen LogP contribution >= 0.6 is 0 Å². The summed E-state index contributed by atoms with van der Waals surface area (Å²) >= 11 is 0. The van der Waals surface area contributed by atoms with Crippen molar-refractivity contribution in [3.63, 3.8) is 0 Å². The van der Waals surface area contributed by atoms with Crippen molar-refractivity contribution >= 4 is 29.5 Å². The second-order valence-electron chi connectivity index (χ2n) is 5.45. The number of rotatable bonds is 4. The number of carboxylic acid groups (broad SMARTS) is 1. The molecule has 0 atom stereocenters. The number of anilines is 1. The molecule has 25 heavy (non-hydrogen) atoms. The van der Waals surface area contributed by atoms with Crippen molar-refractivity contribution in [3.8, 4) is 5.75 Å². The van der Waals surface area contributed by atoms with Crippen LogP contribution in [0.1, 0.15) is 22.8 Å². The van der Waals surface area contributed by atoms with Crippen molar-refractivity contribution < 1.29 is 19.4 Å². The highest BCUT2D eigenvalue weighted by atomic mass is 16.5. The summed E-state index contributed by atoms with van der Waals surface area (Å²) in [6.07, 6.45) is 1.71. The summed E-state index contributed by atoms with van der Waals surface area (Å²) in [6.45, 7) is 1.73. The van der Waals surface area contributed by atoms with E-state index in [1.165, 1.54) is 17.0 Å². The Labute approximate surface area is 144 Å². The van der Waals surface area contributed by atoms with Crippen molar-refractivity contribution in [2.75, 3.05) is 12.0 Å². The number of aliphatic imine (C=N–C) groups is 1. The Bertz CT molecular complexity index is 881. The topological polar surface area (TPSA) is 79.2 Å². The Morgan fingerprint density at radius 2 is 1.76 bits per heavy atom. The molecular formula is C19H16N2O4. The molecule has 1 heterocycles. The van der Waals surface area contributed by atoms with Gasteiger partial charge in [0.05, 0.1) is 18.4 Å². The van der Waals surface area contributed by atoms with Gasteiger partial charge in [0.2, 0.25) is 0 Å². The average molecular weight is 336 g/mol. The number of carbonyl (C=O) groups is 2. The van der Waals surface area contributed by atoms with Crippen molar-refractivity contribution in [1.29, 1.82) is 0 Å². The van der Waals surface area contributed by atoms with E-state index in [0.29, 0.717) is 17.2 Å². The molecule has 1 aliphatic heterocycles. The zero-order valence-electron chi connectivity index (χ0n) is 13.8. The van der Waals surface area contributed by atoms with E-state index in [0.717, 1.165) is 11.3 Å². The van der Waals surface area contributed by atoms with Gasteiger partial charge in [-0.05, 0) is 55.0 Å². The lowest BCUT2D eigenvalue weighted by Gasteiger charge is -2.16. The van der Waals surface area contributed by atoms with E-state index in [1.807, 2.05) is 24.3 Å². The highest BCUT2D eigenvalue weighted by Gasteiger charge is 2.28. The number of methoxy groups -OCH3 is 1. The minimum atomic E-state index is -1.01. The van der Waals surface area contributed by atoms with Crippen LogP contribution in [0.2, 0.25) is 0 Å². The van der Waals surface area contributed by atoms with Crippen molar-refractivity contribution in [2.24, 2.45) is 4.99 Å². The molecule has 0 unspecified atom stereocenters. The van der Waals surface area contributed by atoms with Gasteiger partial charge in [-0.1, -0.05) is 12.1 Å². The number of amides is 1. The molecule has 1 aliphatic rings. The lowest BCUT2D eigenvalue weighted by atomic mass is 10.1. The Morgan fingerprint density at radius 1 is 1.12 bits per heavy atom. The molecule has 0 aromatic heterocycles. The number of hydrogen-bond donors (Lipinski definition) is 1. The van der Waals surface area contributed by atoms with Gasteiger partial charge in [-0.2, -0.15) is 0 Å². The first-order valence-corrected chi connectivity index (χ1v) is 7.58. The second kappa shape index (κ2) is 6.60. The summed E-state index contributed by atoms with van der Waals surface area (Å²) < 4.78 is 5.11. The highest BCUT2D eigenvalue weighted by molar-refractivity contribution is 6.28. The Balaban J connectivity index is 1.87. The number of ether oxygens (including phenoxy) is 1. The minimum Gasteiger partial charge on any atom is -0.497 e. The first-order valence-electron chi connectivity index (χ1n) is 7.58. The summed E-state index contributed by atoms with van der Waals surface area (Å²) in [7, 11) is 1.59. The molecule has 0 radical (unpaired) electrons. The smallest absolute Gasteiger partial charge is 0.335 e. The molecule has 2 aromatic carbocycles. The summed E-state index contributed by atoms with van der Waals surface area (Å²) in [4.78, 5) is 29.4. The lowest BCUT2D eigenvalue weighted by Crippen LogP contribution is -2.30. The third kappa shape index (κ3) is 3.28. The molecule has 0 saturated carbocycles. The van der Waals surface area contributed by atoms with Crippen molar-refractivity contribution in [3.05, 3.63) is 65.4 Å². The number of carbonyl (C=O) groups excluding carboxylic acids is 1. The van der Waals surface area contributed by atoms with E-state index in [9.17, 15) is 9.59 Å². The molecule has 0 aliphatic carbocycles. The van der Waals surface area contributed by atoms with Gasteiger partial charge in [0.1, 0.15) is 17.3 Å². The SMILES string of the molecule is COc1ccc(C=C2N=C(C)N(c3ccc(C(=O)O)cc3)C2=O)cc1. The third-order valence-electron chi connectivity index (χ3n) is 3.82. The molecule has 6 heteroatoms. The number of carboxylic acids is 1. The van der Waals surface area contributed by atoms with E-state index in [1.54, 1.807) is 32.2 Å². The molecule has 2 aromatic rings. The predicted molar refractivity (Wildman–Crippen MR) is 95.0 cm³/mol. The quantitative estimate of drug-likeness (QED) is 0.870. The maximum absolute atomic E-state index is 12.7. The van der Waals surface area contributed by atoms with Crippen LogP contribution < -0.4 is 9.64 Å². The fraction of sp³-hybridized carbons (Fsp3) is 0.105. The predicted octanol–water partition coefficient (Wildman–Crippen LogP) is 3.20. The number of aromatic carboxylic acids is 1. The zero-order valence-corrected chi connectivity index (χ0v) is 13.8. The Morgan fingerprint density at radius 3 is 2.32 bits per heavy atom. The molecule has 126 valence electrons. The summed E-state index contributed by atoms with van der Waals surface area (Å²) in [5, 5.41) is 8.97. The third-order valence-corrected chi connectivity index (χ3v) is 3.82. The first-order chi connectivity index (χ1) is 12.0. The van der Waals surface area contributed by atoms with Gasteiger partial charge in [0.25, 0.3) is 5.91 Å². The van der Waals surface area contributed by atoms with Crippen molar-refractivity contribution in [2.45, 2.75) is 6.92 Å². The van der Waals surface area contributed by atoms with Gasteiger partial charge >= 0.3 is 5.97 Å². The van der Waals surface area contributed by atoms with Crippen LogP contribution in [0.3, 0.4) is 0 Å². The molecule has 6 nitrogen and oxygen atoms in total. The molecule has 1 amide bonds. The monoisotopic (exact) mass is 336 g/mol. The zero-order chi connectivity index (χ0) is 18.0. The van der Waals surface area contributed by atoms with Crippen LogP contribution in [-0.2, 0) is 4.79 Å². The summed E-state index contributed by atoms with van der Waals surface area (Å²) in [5.74, 6) is 0.00809. The van der Waals surface area contributed by atoms with E-state index >= 15 is 0 Å². The number of nitrogens with zero attached hydrogens (tertiary/aromatic N) is 2. The summed E-state index contributed by atoms with van der Waals surface area (Å²) in [6, 6.07) is 13.4. The highest BCUT2D eigenvalue weighted by Crippen LogP contribution is 2.25. The van der Waals surface area contributed by atoms with Gasteiger partial charge in [-0.15, -0.1) is 0 Å². The minimum absolute atomic E-state index is 0.166. The molecular weight excluding hydrogens is 320 g/mol. The molecule has 3 rings (SSSR count). The number of hydrogen-bond acceptors (Lipinski definition) is 4. The Hall–Kier alpha value is -3.41. The van der Waals surface area contributed by atoms with E-state index < -0.39 is 5.97 Å². The molecule has 0 spiro atoms. The van der Waals surface area contributed by atoms with Crippen LogP contribution in [0.4, 0.5) is 5.69 Å². The second-order valence-corrected chi connectivity index (χ2v) is 5.45. The normalized spacial score (nSPS) is 15.4. The lowest BCUT2D eigenvalue weighted by molar-refractivity contribution is -0.113. The van der Waals surface area contributed by atoms with Gasteiger partial charge in [-0.25, -0.2) is 9.79 Å². The number of amidine groups is 1. The van der Waals surface area contributed by atoms with E-state index in [4.69, 9.17) is 9.84 Å². The number of benzene rings is 2.